The van der Waals surface area contributed by atoms with Gasteiger partial charge in [-0.15, -0.1) is 0 Å². The Morgan fingerprint density at radius 3 is 2.94 bits per heavy atom. The molecule has 3 N–H and O–H groups in total. The van der Waals surface area contributed by atoms with Crippen LogP contribution in [0.15, 0.2) is 53.2 Å². The molecular weight excluding hydrogens is 224 g/mol. The van der Waals surface area contributed by atoms with Crippen LogP contribution in [0.4, 0.5) is 0 Å². The molecule has 1 aromatic rings. The summed E-state index contributed by atoms with van der Waals surface area (Å²) in [5, 5.41) is 3.34. The van der Waals surface area contributed by atoms with Crippen LogP contribution in [0, 0.1) is 0 Å². The van der Waals surface area contributed by atoms with Crippen LogP contribution in [0.5, 0.6) is 0 Å². The van der Waals surface area contributed by atoms with Gasteiger partial charge >= 0.3 is 0 Å². The lowest BCUT2D eigenvalue weighted by Gasteiger charge is -2.26. The van der Waals surface area contributed by atoms with Gasteiger partial charge in [-0.1, -0.05) is 24.3 Å². The quantitative estimate of drug-likeness (QED) is 0.717. The fraction of sp³-hybridized carbons (Fsp3) is 0.0714. The van der Waals surface area contributed by atoms with Gasteiger partial charge in [-0.25, -0.2) is 4.99 Å². The number of hydrogen-bond acceptors (Lipinski definition) is 4. The summed E-state index contributed by atoms with van der Waals surface area (Å²) in [6, 6.07) is 8.30. The number of fused-ring (bicyclic) bond motifs is 4. The summed E-state index contributed by atoms with van der Waals surface area (Å²) in [5.41, 5.74) is 11.5. The minimum absolute atomic E-state index is 0.803. The Morgan fingerprint density at radius 2 is 2.11 bits per heavy atom. The van der Waals surface area contributed by atoms with Crippen molar-refractivity contribution >= 4 is 17.5 Å². The van der Waals surface area contributed by atoms with Crippen LogP contribution in [0.25, 0.3) is 11.3 Å². The van der Waals surface area contributed by atoms with Gasteiger partial charge in [-0.3, -0.25) is 0 Å². The molecule has 1 aliphatic carbocycles. The van der Waals surface area contributed by atoms with Crippen molar-refractivity contribution in [3.05, 3.63) is 59.3 Å². The number of nitrogens with two attached hydrogens (primary N) is 1. The van der Waals surface area contributed by atoms with Gasteiger partial charge in [0.25, 0.3) is 0 Å². The molecule has 3 aliphatic rings. The molecule has 0 amide bonds. The maximum atomic E-state index is 5.83. The Bertz CT molecular complexity index is 664. The summed E-state index contributed by atoms with van der Waals surface area (Å²) in [6.07, 6.45) is 5.54. The lowest BCUT2D eigenvalue weighted by molar-refractivity contribution is 0.515. The van der Waals surface area contributed by atoms with Crippen LogP contribution < -0.4 is 11.1 Å². The topological polar surface area (TPSA) is 53.6 Å². The lowest BCUT2D eigenvalue weighted by atomic mass is 10.1. The Labute approximate surface area is 105 Å². The third-order valence-electron chi connectivity index (χ3n) is 3.53. The van der Waals surface area contributed by atoms with Crippen molar-refractivity contribution in [1.29, 1.82) is 0 Å². The van der Waals surface area contributed by atoms with Gasteiger partial charge in [-0.05, 0) is 5.56 Å². The van der Waals surface area contributed by atoms with E-state index in [1.54, 1.807) is 6.20 Å². The molecule has 4 rings (SSSR count). The summed E-state index contributed by atoms with van der Waals surface area (Å²) in [4.78, 5) is 6.53. The molecule has 0 unspecified atom stereocenters. The second-order valence-electron chi connectivity index (χ2n) is 4.42. The molecular formula is C14H12N4. The zero-order valence-electron chi connectivity index (χ0n) is 9.72. The Hall–Kier alpha value is -2.49. The van der Waals surface area contributed by atoms with E-state index in [1.807, 2.05) is 24.5 Å². The molecule has 4 nitrogen and oxygen atoms in total. The largest absolute Gasteiger partial charge is 0.404 e. The predicted octanol–water partition coefficient (Wildman–Crippen LogP) is 1.46. The van der Waals surface area contributed by atoms with E-state index in [9.17, 15) is 0 Å². The lowest BCUT2D eigenvalue weighted by Crippen LogP contribution is -2.26. The van der Waals surface area contributed by atoms with E-state index in [4.69, 9.17) is 5.73 Å². The molecule has 0 atom stereocenters. The Kier molecular flexibility index (Phi) is 1.73. The molecule has 88 valence electrons. The zero-order chi connectivity index (χ0) is 12.1. The van der Waals surface area contributed by atoms with E-state index in [-0.39, 0.29) is 0 Å². The highest BCUT2D eigenvalue weighted by Gasteiger charge is 2.34. The molecule has 0 radical (unpaired) electrons. The van der Waals surface area contributed by atoms with Crippen LogP contribution in [0.3, 0.4) is 0 Å². The summed E-state index contributed by atoms with van der Waals surface area (Å²) < 4.78 is 0. The van der Waals surface area contributed by atoms with Crippen LogP contribution in [-0.2, 0) is 0 Å². The smallest absolute Gasteiger partial charge is 0.149 e. The van der Waals surface area contributed by atoms with Crippen molar-refractivity contribution in [2.75, 3.05) is 6.54 Å². The number of benzene rings is 1. The highest BCUT2D eigenvalue weighted by atomic mass is 15.3. The standard InChI is InChI=1S/C14H12N4/c15-7-11-9-3-1-2-4-10(9)13-14(11)18-6-5-16-12(18)8-17-13/h1-5,7-8,17H,6,15H2. The summed E-state index contributed by atoms with van der Waals surface area (Å²) in [7, 11) is 0. The number of hydrogen-bond donors (Lipinski definition) is 2. The minimum atomic E-state index is 0.803. The summed E-state index contributed by atoms with van der Waals surface area (Å²) in [6.45, 7) is 0.803. The molecule has 2 heterocycles. The first-order chi connectivity index (χ1) is 8.90. The van der Waals surface area contributed by atoms with Gasteiger partial charge in [-0.2, -0.15) is 0 Å². The fourth-order valence-corrected chi connectivity index (χ4v) is 2.76. The molecule has 4 heteroatoms. The van der Waals surface area contributed by atoms with E-state index in [0.717, 1.165) is 29.3 Å². The first-order valence-electron chi connectivity index (χ1n) is 5.93. The van der Waals surface area contributed by atoms with Gasteiger partial charge in [0.05, 0.1) is 17.9 Å². The van der Waals surface area contributed by atoms with Crippen molar-refractivity contribution in [2.24, 2.45) is 10.7 Å². The molecule has 1 aromatic carbocycles. The molecule has 0 saturated heterocycles. The van der Waals surface area contributed by atoms with Crippen LogP contribution in [-0.4, -0.2) is 17.7 Å². The monoisotopic (exact) mass is 236 g/mol. The molecule has 0 bridgehead atoms. The van der Waals surface area contributed by atoms with E-state index in [0.29, 0.717) is 0 Å². The fourth-order valence-electron chi connectivity index (χ4n) is 2.76. The van der Waals surface area contributed by atoms with Crippen molar-refractivity contribution in [3.8, 4) is 0 Å². The van der Waals surface area contributed by atoms with E-state index in [2.05, 4.69) is 27.3 Å². The number of allylic oxidation sites excluding steroid dienone is 1. The number of nitrogens with one attached hydrogen (secondary N) is 1. The molecule has 18 heavy (non-hydrogen) atoms. The highest BCUT2D eigenvalue weighted by Crippen LogP contribution is 2.44. The average molecular weight is 236 g/mol. The van der Waals surface area contributed by atoms with E-state index >= 15 is 0 Å². The maximum Gasteiger partial charge on any atom is 0.149 e. The van der Waals surface area contributed by atoms with Gasteiger partial charge in [0.1, 0.15) is 5.82 Å². The number of nitrogens with zero attached hydrogens (tertiary/aromatic N) is 2. The van der Waals surface area contributed by atoms with Crippen molar-refractivity contribution in [2.45, 2.75) is 0 Å². The average Bonchev–Trinajstić information content (AvgIpc) is 3.00. The van der Waals surface area contributed by atoms with Crippen LogP contribution >= 0.6 is 0 Å². The summed E-state index contributed by atoms with van der Waals surface area (Å²) >= 11 is 0. The van der Waals surface area contributed by atoms with Crippen LogP contribution in [0.2, 0.25) is 0 Å². The molecule has 0 aromatic heterocycles. The first kappa shape index (κ1) is 9.53. The van der Waals surface area contributed by atoms with E-state index in [1.165, 1.54) is 11.1 Å². The number of aliphatic imine (C=N–C) groups is 1. The van der Waals surface area contributed by atoms with Crippen LogP contribution in [0.1, 0.15) is 11.1 Å². The first-order valence-corrected chi connectivity index (χ1v) is 5.93. The van der Waals surface area contributed by atoms with Crippen molar-refractivity contribution in [1.82, 2.24) is 10.2 Å². The summed E-state index contributed by atoms with van der Waals surface area (Å²) in [5.74, 6) is 0.945. The van der Waals surface area contributed by atoms with Crippen molar-refractivity contribution < 1.29 is 0 Å². The maximum absolute atomic E-state index is 5.83. The molecule has 0 saturated carbocycles. The zero-order valence-corrected chi connectivity index (χ0v) is 9.72. The van der Waals surface area contributed by atoms with E-state index < -0.39 is 0 Å². The van der Waals surface area contributed by atoms with Gasteiger partial charge < -0.3 is 16.0 Å². The third-order valence-corrected chi connectivity index (χ3v) is 3.53. The SMILES string of the molecule is NC=C1C2=C(NC=C3N=CCN32)c2ccccc21. The molecule has 2 aliphatic heterocycles. The highest BCUT2D eigenvalue weighted by molar-refractivity contribution is 6.00. The second kappa shape index (κ2) is 3.26. The predicted molar refractivity (Wildman–Crippen MR) is 71.9 cm³/mol. The van der Waals surface area contributed by atoms with Gasteiger partial charge in [0, 0.05) is 29.8 Å². The molecule has 0 spiro atoms. The Morgan fingerprint density at radius 1 is 1.28 bits per heavy atom. The third kappa shape index (κ3) is 1.02. The molecule has 0 fully saturated rings. The second-order valence-corrected chi connectivity index (χ2v) is 4.42. The van der Waals surface area contributed by atoms with Gasteiger partial charge in [0.15, 0.2) is 0 Å². The Balaban J connectivity index is 1.95. The van der Waals surface area contributed by atoms with Crippen molar-refractivity contribution in [3.63, 3.8) is 0 Å². The number of rotatable bonds is 0. The normalized spacial score (nSPS) is 21.7. The minimum Gasteiger partial charge on any atom is -0.404 e. The van der Waals surface area contributed by atoms with Gasteiger partial charge in [0.2, 0.25) is 0 Å².